The first-order valence-electron chi connectivity index (χ1n) is 12.4. The molecule has 2 aromatic carbocycles. The second kappa shape index (κ2) is 9.20. The Balaban J connectivity index is 1.60. The van der Waals surface area contributed by atoms with Gasteiger partial charge in [0, 0.05) is 29.6 Å². The Morgan fingerprint density at radius 2 is 1.85 bits per heavy atom. The topological polar surface area (TPSA) is 151 Å². The van der Waals surface area contributed by atoms with Crippen molar-refractivity contribution < 1.29 is 47.6 Å². The summed E-state index contributed by atoms with van der Waals surface area (Å²) < 4.78 is 47.1. The highest BCUT2D eigenvalue weighted by atomic mass is 19.4. The Bertz CT molecular complexity index is 1770. The number of benzene rings is 2. The van der Waals surface area contributed by atoms with E-state index in [1.807, 2.05) is 0 Å². The van der Waals surface area contributed by atoms with Crippen molar-refractivity contribution in [1.82, 2.24) is 9.55 Å². The third-order valence-corrected chi connectivity index (χ3v) is 7.42. The Hall–Kier alpha value is -4.65. The van der Waals surface area contributed by atoms with Crippen molar-refractivity contribution in [1.29, 1.82) is 0 Å². The first kappa shape index (κ1) is 27.9. The second-order valence-corrected chi connectivity index (χ2v) is 10.0. The predicted octanol–water partition coefficient (Wildman–Crippen LogP) is 4.04. The highest BCUT2D eigenvalue weighted by Gasteiger charge is 2.56. The molecule has 0 saturated carbocycles. The molecular weight excluding hydrogens is 547 g/mol. The number of fused-ring (bicyclic) bond motifs is 4. The molecule has 1 aromatic heterocycles. The quantitative estimate of drug-likeness (QED) is 0.202. The summed E-state index contributed by atoms with van der Waals surface area (Å²) in [6, 6.07) is 4.12. The van der Waals surface area contributed by atoms with Crippen LogP contribution in [0.2, 0.25) is 0 Å². The molecule has 3 aromatic rings. The molecule has 13 heteroatoms. The maximum atomic E-state index is 13.9. The van der Waals surface area contributed by atoms with Crippen molar-refractivity contribution in [3.8, 4) is 17.2 Å². The summed E-state index contributed by atoms with van der Waals surface area (Å²) in [6.45, 7) is 4.55. The number of nitrogens with zero attached hydrogens (tertiary/aromatic N) is 2. The third kappa shape index (κ3) is 3.98. The molecule has 1 unspecified atom stereocenters. The van der Waals surface area contributed by atoms with Crippen molar-refractivity contribution in [2.24, 2.45) is 0 Å². The van der Waals surface area contributed by atoms with Crippen LogP contribution in [0.1, 0.15) is 48.1 Å². The SMILES string of the molecule is CC(=O)c1c(O)c(C)c(O)c2c1OC1=CC(=O)C(=C(C)Nc3ccc4c(c3)nc(C(F)(F)F)n4CCO)C(=O)C12C. The van der Waals surface area contributed by atoms with Crippen LogP contribution in [-0.4, -0.2) is 48.8 Å². The van der Waals surface area contributed by atoms with Crippen molar-refractivity contribution >= 4 is 34.1 Å². The first-order chi connectivity index (χ1) is 19.1. The lowest BCUT2D eigenvalue weighted by atomic mass is 9.70. The van der Waals surface area contributed by atoms with Crippen LogP contribution in [0.15, 0.2) is 41.3 Å². The van der Waals surface area contributed by atoms with E-state index in [-0.39, 0.29) is 62.7 Å². The molecule has 0 fully saturated rings. The molecule has 41 heavy (non-hydrogen) atoms. The number of halogens is 3. The van der Waals surface area contributed by atoms with Crippen LogP contribution >= 0.6 is 0 Å². The van der Waals surface area contributed by atoms with E-state index in [0.717, 1.165) is 10.6 Å². The van der Waals surface area contributed by atoms with Gasteiger partial charge < -0.3 is 29.9 Å². The molecule has 2 heterocycles. The molecule has 0 radical (unpaired) electrons. The van der Waals surface area contributed by atoms with Crippen LogP contribution in [0, 0.1) is 6.92 Å². The van der Waals surface area contributed by atoms with Gasteiger partial charge in [-0.3, -0.25) is 14.4 Å². The number of ether oxygens (including phenoxy) is 1. The summed E-state index contributed by atoms with van der Waals surface area (Å²) in [5, 5.41) is 33.5. The Kier molecular flexibility index (Phi) is 6.26. The number of rotatable bonds is 5. The van der Waals surface area contributed by atoms with Crippen LogP contribution in [0.5, 0.6) is 17.2 Å². The highest BCUT2D eigenvalue weighted by molar-refractivity contribution is 6.31. The van der Waals surface area contributed by atoms with E-state index in [1.54, 1.807) is 0 Å². The largest absolute Gasteiger partial charge is 0.507 e. The monoisotopic (exact) mass is 571 g/mol. The van der Waals surface area contributed by atoms with E-state index in [1.165, 1.54) is 45.9 Å². The predicted molar refractivity (Wildman–Crippen MR) is 139 cm³/mol. The van der Waals surface area contributed by atoms with E-state index >= 15 is 0 Å². The maximum Gasteiger partial charge on any atom is 0.449 e. The molecule has 1 atom stereocenters. The van der Waals surface area contributed by atoms with Gasteiger partial charge in [-0.1, -0.05) is 0 Å². The number of hydrogen-bond donors (Lipinski definition) is 4. The van der Waals surface area contributed by atoms with E-state index in [0.29, 0.717) is 0 Å². The molecule has 4 N–H and O–H groups in total. The number of Topliss-reactive ketones (excluding diaryl/α,β-unsaturated/α-hetero) is 2. The molecule has 0 saturated heterocycles. The van der Waals surface area contributed by atoms with Gasteiger partial charge in [0.15, 0.2) is 17.3 Å². The molecule has 0 amide bonds. The number of ketones is 3. The molecule has 2 aliphatic rings. The van der Waals surface area contributed by atoms with Crippen LogP contribution in [-0.2, 0) is 27.7 Å². The molecule has 10 nitrogen and oxygen atoms in total. The van der Waals surface area contributed by atoms with Crippen molar-refractivity contribution in [3.63, 3.8) is 0 Å². The average molecular weight is 572 g/mol. The van der Waals surface area contributed by atoms with Crippen LogP contribution in [0.3, 0.4) is 0 Å². The fourth-order valence-electron chi connectivity index (χ4n) is 5.39. The van der Waals surface area contributed by atoms with E-state index in [4.69, 9.17) is 4.74 Å². The van der Waals surface area contributed by atoms with Gasteiger partial charge >= 0.3 is 6.18 Å². The summed E-state index contributed by atoms with van der Waals surface area (Å²) in [6.07, 6.45) is -3.70. The summed E-state index contributed by atoms with van der Waals surface area (Å²) in [5.41, 5.74) is -1.97. The van der Waals surface area contributed by atoms with E-state index in [9.17, 15) is 42.9 Å². The maximum absolute atomic E-state index is 13.9. The number of carbonyl (C=O) groups excluding carboxylic acids is 3. The van der Waals surface area contributed by atoms with Gasteiger partial charge in [-0.25, -0.2) is 4.98 Å². The molecular formula is C28H24F3N3O7. The number of anilines is 1. The number of imidazole rings is 1. The van der Waals surface area contributed by atoms with Gasteiger partial charge in [0.05, 0.1) is 28.8 Å². The Morgan fingerprint density at radius 3 is 2.46 bits per heavy atom. The molecule has 5 rings (SSSR count). The standard InChI is InChI=1S/C28H24F3N3O7/c1-11-22(38)20(13(3)36)24-21(23(11)39)27(4)18(41-24)10-17(37)19(25(27)40)12(2)32-14-5-6-16-15(9-14)33-26(28(29,30)31)34(16)7-8-35/h5-6,9-10,32,35,38-39H,7-8H2,1-4H3. The van der Waals surface area contributed by atoms with Gasteiger partial charge in [-0.15, -0.1) is 0 Å². The fourth-order valence-corrected chi connectivity index (χ4v) is 5.39. The number of aliphatic hydroxyl groups excluding tert-OH is 1. The number of hydrogen-bond acceptors (Lipinski definition) is 9. The lowest BCUT2D eigenvalue weighted by Crippen LogP contribution is -2.40. The fraction of sp³-hybridized carbons (Fsp3) is 0.286. The second-order valence-electron chi connectivity index (χ2n) is 10.0. The zero-order chi connectivity index (χ0) is 30.2. The van der Waals surface area contributed by atoms with Gasteiger partial charge in [-0.05, 0) is 45.9 Å². The first-order valence-corrected chi connectivity index (χ1v) is 12.4. The minimum Gasteiger partial charge on any atom is -0.507 e. The van der Waals surface area contributed by atoms with Crippen molar-refractivity contribution in [2.75, 3.05) is 11.9 Å². The zero-order valence-corrected chi connectivity index (χ0v) is 22.2. The van der Waals surface area contributed by atoms with Crippen LogP contribution in [0.4, 0.5) is 18.9 Å². The average Bonchev–Trinajstić information content (AvgIpc) is 3.38. The number of phenolic OH excluding ortho intramolecular Hbond substituents is 2. The van der Waals surface area contributed by atoms with E-state index < -0.39 is 52.9 Å². The number of carbonyl (C=O) groups is 3. The van der Waals surface area contributed by atoms with Crippen molar-refractivity contribution in [2.45, 2.75) is 45.8 Å². The molecule has 214 valence electrons. The summed E-state index contributed by atoms with van der Waals surface area (Å²) >= 11 is 0. The van der Waals surface area contributed by atoms with Crippen LogP contribution in [0.25, 0.3) is 11.0 Å². The minimum absolute atomic E-state index is 0.0286. The smallest absolute Gasteiger partial charge is 0.449 e. The van der Waals surface area contributed by atoms with Gasteiger partial charge in [0.2, 0.25) is 5.82 Å². The summed E-state index contributed by atoms with van der Waals surface area (Å²) in [4.78, 5) is 43.1. The molecule has 0 bridgehead atoms. The van der Waals surface area contributed by atoms with Gasteiger partial charge in [-0.2, -0.15) is 13.2 Å². The highest BCUT2D eigenvalue weighted by Crippen LogP contribution is 2.57. The van der Waals surface area contributed by atoms with Crippen molar-refractivity contribution in [3.05, 3.63) is 63.8 Å². The lowest BCUT2D eigenvalue weighted by molar-refractivity contribution is -0.147. The van der Waals surface area contributed by atoms with E-state index in [2.05, 4.69) is 10.3 Å². The Labute approximate surface area is 230 Å². The third-order valence-electron chi connectivity index (χ3n) is 7.42. The molecule has 1 aliphatic carbocycles. The Morgan fingerprint density at radius 1 is 1.17 bits per heavy atom. The minimum atomic E-state index is -4.76. The van der Waals surface area contributed by atoms with Gasteiger partial charge in [0.25, 0.3) is 0 Å². The number of allylic oxidation sites excluding steroid dienone is 4. The number of phenols is 2. The number of aliphatic hydroxyl groups is 1. The van der Waals surface area contributed by atoms with Gasteiger partial charge in [0.1, 0.15) is 34.0 Å². The number of nitrogens with one attached hydrogen (secondary N) is 1. The normalized spacial score (nSPS) is 19.6. The number of alkyl halides is 3. The van der Waals surface area contributed by atoms with Crippen LogP contribution < -0.4 is 10.1 Å². The summed E-state index contributed by atoms with van der Waals surface area (Å²) in [7, 11) is 0. The summed E-state index contributed by atoms with van der Waals surface area (Å²) in [5.74, 6) is -4.57. The molecule has 1 aliphatic heterocycles. The number of aromatic nitrogens is 2. The molecule has 0 spiro atoms. The number of aromatic hydroxyl groups is 2. The lowest BCUT2D eigenvalue weighted by Gasteiger charge is -2.29. The zero-order valence-electron chi connectivity index (χ0n) is 22.2.